The lowest BCUT2D eigenvalue weighted by Crippen LogP contribution is -2.47. The monoisotopic (exact) mass is 222 g/mol. The lowest BCUT2D eigenvalue weighted by atomic mass is 9.79. The number of fused-ring (bicyclic) bond motifs is 2. The van der Waals surface area contributed by atoms with Crippen LogP contribution in [0, 0.1) is 11.8 Å². The van der Waals surface area contributed by atoms with Crippen LogP contribution in [0.15, 0.2) is 0 Å². The molecule has 2 heteroatoms. The molecule has 92 valence electrons. The summed E-state index contributed by atoms with van der Waals surface area (Å²) in [6.07, 6.45) is 11.3. The van der Waals surface area contributed by atoms with Crippen LogP contribution in [0.2, 0.25) is 0 Å². The van der Waals surface area contributed by atoms with E-state index in [1.54, 1.807) is 0 Å². The van der Waals surface area contributed by atoms with Crippen molar-refractivity contribution in [1.29, 1.82) is 0 Å². The Morgan fingerprint density at radius 1 is 0.938 bits per heavy atom. The molecule has 3 fully saturated rings. The lowest BCUT2D eigenvalue weighted by molar-refractivity contribution is 0.107. The molecule has 2 bridgehead atoms. The summed E-state index contributed by atoms with van der Waals surface area (Å²) in [5.41, 5.74) is 6.53. The van der Waals surface area contributed by atoms with Crippen LogP contribution >= 0.6 is 0 Å². The molecule has 0 aromatic carbocycles. The summed E-state index contributed by atoms with van der Waals surface area (Å²) >= 11 is 0. The molecule has 3 unspecified atom stereocenters. The van der Waals surface area contributed by atoms with Crippen LogP contribution < -0.4 is 5.73 Å². The van der Waals surface area contributed by atoms with Crippen molar-refractivity contribution in [1.82, 2.24) is 4.90 Å². The summed E-state index contributed by atoms with van der Waals surface area (Å²) in [5, 5.41) is 0. The highest BCUT2D eigenvalue weighted by Crippen LogP contribution is 2.41. The van der Waals surface area contributed by atoms with Gasteiger partial charge in [0.15, 0.2) is 0 Å². The van der Waals surface area contributed by atoms with Gasteiger partial charge >= 0.3 is 0 Å². The van der Waals surface area contributed by atoms with E-state index in [0.29, 0.717) is 6.04 Å². The average molecular weight is 222 g/mol. The predicted octanol–water partition coefficient (Wildman–Crippen LogP) is 2.38. The molecule has 2 aliphatic heterocycles. The summed E-state index contributed by atoms with van der Waals surface area (Å²) in [4.78, 5) is 2.62. The van der Waals surface area contributed by atoms with Gasteiger partial charge in [0, 0.05) is 18.1 Å². The third-order valence-corrected chi connectivity index (χ3v) is 5.62. The van der Waals surface area contributed by atoms with Crippen LogP contribution in [-0.4, -0.2) is 30.1 Å². The second-order valence-electron chi connectivity index (χ2n) is 6.40. The van der Waals surface area contributed by atoms with Crippen LogP contribution in [0.4, 0.5) is 0 Å². The van der Waals surface area contributed by atoms with Crippen molar-refractivity contribution in [2.75, 3.05) is 7.05 Å². The summed E-state index contributed by atoms with van der Waals surface area (Å²) in [6, 6.07) is 2.23. The molecule has 1 aliphatic carbocycles. The SMILES string of the molecule is CN1C2CCC1CC(C(N)C1CCCC1)C2. The van der Waals surface area contributed by atoms with E-state index in [1.165, 1.54) is 51.4 Å². The number of hydrogen-bond acceptors (Lipinski definition) is 2. The Bertz CT molecular complexity index is 233. The molecular formula is C14H26N2. The number of rotatable bonds is 2. The highest BCUT2D eigenvalue weighted by molar-refractivity contribution is 4.97. The Morgan fingerprint density at radius 2 is 1.50 bits per heavy atom. The molecule has 16 heavy (non-hydrogen) atoms. The summed E-state index contributed by atoms with van der Waals surface area (Å²) in [5.74, 6) is 1.68. The molecule has 1 saturated carbocycles. The molecule has 2 nitrogen and oxygen atoms in total. The van der Waals surface area contributed by atoms with E-state index in [-0.39, 0.29) is 0 Å². The Hall–Kier alpha value is -0.0800. The smallest absolute Gasteiger partial charge is 0.00989 e. The van der Waals surface area contributed by atoms with Gasteiger partial charge in [-0.15, -0.1) is 0 Å². The van der Waals surface area contributed by atoms with Crippen molar-refractivity contribution in [2.45, 2.75) is 69.5 Å². The maximum Gasteiger partial charge on any atom is 0.00989 e. The molecule has 0 spiro atoms. The third kappa shape index (κ3) is 1.80. The first kappa shape index (κ1) is 11.0. The topological polar surface area (TPSA) is 29.3 Å². The zero-order valence-corrected chi connectivity index (χ0v) is 10.6. The van der Waals surface area contributed by atoms with Gasteiger partial charge in [-0.05, 0) is 57.4 Å². The maximum atomic E-state index is 6.53. The summed E-state index contributed by atoms with van der Waals surface area (Å²) in [7, 11) is 2.32. The number of nitrogens with two attached hydrogens (primary N) is 1. The largest absolute Gasteiger partial charge is 0.327 e. The molecule has 0 aromatic rings. The molecule has 0 radical (unpaired) electrons. The van der Waals surface area contributed by atoms with E-state index in [1.807, 2.05) is 0 Å². The molecule has 3 aliphatic rings. The van der Waals surface area contributed by atoms with Crippen molar-refractivity contribution in [3.8, 4) is 0 Å². The minimum Gasteiger partial charge on any atom is -0.327 e. The van der Waals surface area contributed by atoms with Crippen LogP contribution in [0.1, 0.15) is 51.4 Å². The Kier molecular flexibility index (Phi) is 2.97. The minimum absolute atomic E-state index is 0.513. The quantitative estimate of drug-likeness (QED) is 0.777. The Balaban J connectivity index is 1.63. The number of nitrogens with zero attached hydrogens (tertiary/aromatic N) is 1. The molecule has 0 amide bonds. The van der Waals surface area contributed by atoms with Gasteiger partial charge in [0.1, 0.15) is 0 Å². The second kappa shape index (κ2) is 4.30. The molecule has 2 saturated heterocycles. The highest BCUT2D eigenvalue weighted by Gasteiger charge is 2.41. The van der Waals surface area contributed by atoms with E-state index in [9.17, 15) is 0 Å². The molecule has 2 heterocycles. The van der Waals surface area contributed by atoms with Gasteiger partial charge in [-0.25, -0.2) is 0 Å². The van der Waals surface area contributed by atoms with E-state index < -0.39 is 0 Å². The van der Waals surface area contributed by atoms with Gasteiger partial charge in [-0.2, -0.15) is 0 Å². The fourth-order valence-corrected chi connectivity index (χ4v) is 4.50. The van der Waals surface area contributed by atoms with Crippen molar-refractivity contribution < 1.29 is 0 Å². The maximum absolute atomic E-state index is 6.53. The predicted molar refractivity (Wildman–Crippen MR) is 67.2 cm³/mol. The van der Waals surface area contributed by atoms with Gasteiger partial charge in [-0.1, -0.05) is 12.8 Å². The summed E-state index contributed by atoms with van der Waals surface area (Å²) < 4.78 is 0. The van der Waals surface area contributed by atoms with Gasteiger partial charge in [0.2, 0.25) is 0 Å². The van der Waals surface area contributed by atoms with Crippen LogP contribution in [0.5, 0.6) is 0 Å². The first-order valence-corrected chi connectivity index (χ1v) is 7.23. The van der Waals surface area contributed by atoms with Crippen molar-refractivity contribution in [2.24, 2.45) is 17.6 Å². The van der Waals surface area contributed by atoms with Gasteiger partial charge in [0.05, 0.1) is 0 Å². The first-order valence-electron chi connectivity index (χ1n) is 7.23. The Morgan fingerprint density at radius 3 is 2.06 bits per heavy atom. The lowest BCUT2D eigenvalue weighted by Gasteiger charge is -2.40. The van der Waals surface area contributed by atoms with Crippen LogP contribution in [0.25, 0.3) is 0 Å². The van der Waals surface area contributed by atoms with Gasteiger partial charge in [0.25, 0.3) is 0 Å². The van der Waals surface area contributed by atoms with Crippen molar-refractivity contribution in [3.63, 3.8) is 0 Å². The van der Waals surface area contributed by atoms with Gasteiger partial charge in [-0.3, -0.25) is 0 Å². The van der Waals surface area contributed by atoms with E-state index in [0.717, 1.165) is 23.9 Å². The van der Waals surface area contributed by atoms with E-state index in [4.69, 9.17) is 5.73 Å². The van der Waals surface area contributed by atoms with E-state index in [2.05, 4.69) is 11.9 Å². The van der Waals surface area contributed by atoms with Crippen molar-refractivity contribution in [3.05, 3.63) is 0 Å². The molecule has 3 atom stereocenters. The molecule has 0 aromatic heterocycles. The summed E-state index contributed by atoms with van der Waals surface area (Å²) in [6.45, 7) is 0. The van der Waals surface area contributed by atoms with Crippen LogP contribution in [0.3, 0.4) is 0 Å². The fraction of sp³-hybridized carbons (Fsp3) is 1.00. The number of piperidine rings is 1. The van der Waals surface area contributed by atoms with Crippen molar-refractivity contribution >= 4 is 0 Å². The zero-order chi connectivity index (χ0) is 11.1. The second-order valence-corrected chi connectivity index (χ2v) is 6.40. The van der Waals surface area contributed by atoms with Crippen LogP contribution in [-0.2, 0) is 0 Å². The van der Waals surface area contributed by atoms with E-state index >= 15 is 0 Å². The molecule has 2 N–H and O–H groups in total. The standard InChI is InChI=1S/C14H26N2/c1-16-12-6-7-13(16)9-11(8-12)14(15)10-4-2-3-5-10/h10-14H,2-9,15H2,1H3. The first-order chi connectivity index (χ1) is 7.75. The minimum atomic E-state index is 0.513. The fourth-order valence-electron chi connectivity index (χ4n) is 4.50. The third-order valence-electron chi connectivity index (χ3n) is 5.62. The highest BCUT2D eigenvalue weighted by atomic mass is 15.2. The van der Waals surface area contributed by atoms with Gasteiger partial charge < -0.3 is 10.6 Å². The molecular weight excluding hydrogens is 196 g/mol. The normalized spacial score (nSPS) is 42.8. The Labute approximate surface area is 99.6 Å². The zero-order valence-electron chi connectivity index (χ0n) is 10.6. The average Bonchev–Trinajstić information content (AvgIpc) is 2.85. The molecule has 3 rings (SSSR count). The number of hydrogen-bond donors (Lipinski definition) is 1.